The van der Waals surface area contributed by atoms with E-state index in [0.29, 0.717) is 5.92 Å². The molecule has 2 aliphatic rings. The fraction of sp³-hybridized carbons (Fsp3) is 0.750. The number of hydrogen-bond donors (Lipinski definition) is 1. The molecule has 0 aromatic carbocycles. The van der Waals surface area contributed by atoms with E-state index in [1.54, 1.807) is 0 Å². The van der Waals surface area contributed by atoms with Crippen molar-refractivity contribution in [2.45, 2.75) is 44.9 Å². The summed E-state index contributed by atoms with van der Waals surface area (Å²) in [5.41, 5.74) is 2.65. The zero-order valence-electron chi connectivity index (χ0n) is 12.4. The topological polar surface area (TPSA) is 47.0 Å². The maximum Gasteiger partial charge on any atom is 0.134 e. The molecule has 1 aromatic heterocycles. The summed E-state index contributed by atoms with van der Waals surface area (Å²) in [4.78, 5) is 9.41. The minimum atomic E-state index is 0.421. The zero-order valence-corrected chi connectivity index (χ0v) is 12.4. The first kappa shape index (κ1) is 14.0. The van der Waals surface area contributed by atoms with E-state index in [1.165, 1.54) is 24.1 Å². The molecule has 1 N–H and O–H groups in total. The SMILES string of the molecule is CCCNCC1CCc2nc(C3CCOC3)ncc2C1. The predicted octanol–water partition coefficient (Wildman–Crippen LogP) is 2.08. The number of aromatic nitrogens is 2. The lowest BCUT2D eigenvalue weighted by molar-refractivity contribution is 0.193. The Bertz CT molecular complexity index is 443. The summed E-state index contributed by atoms with van der Waals surface area (Å²) in [5.74, 6) is 2.17. The van der Waals surface area contributed by atoms with Crippen LogP contribution in [0.15, 0.2) is 6.20 Å². The number of fused-ring (bicyclic) bond motifs is 1. The highest BCUT2D eigenvalue weighted by atomic mass is 16.5. The molecule has 2 heterocycles. The smallest absolute Gasteiger partial charge is 0.134 e. The van der Waals surface area contributed by atoms with Crippen LogP contribution in [0.4, 0.5) is 0 Å². The van der Waals surface area contributed by atoms with E-state index in [0.717, 1.165) is 57.3 Å². The maximum absolute atomic E-state index is 5.44. The summed E-state index contributed by atoms with van der Waals surface area (Å²) in [5, 5.41) is 3.53. The van der Waals surface area contributed by atoms with E-state index in [2.05, 4.69) is 23.4 Å². The third-order valence-electron chi connectivity index (χ3n) is 4.43. The van der Waals surface area contributed by atoms with Crippen molar-refractivity contribution in [3.63, 3.8) is 0 Å². The van der Waals surface area contributed by atoms with Crippen LogP contribution in [0.5, 0.6) is 0 Å². The van der Waals surface area contributed by atoms with E-state index >= 15 is 0 Å². The quantitative estimate of drug-likeness (QED) is 0.836. The molecular formula is C16H25N3O. The lowest BCUT2D eigenvalue weighted by Gasteiger charge is -2.24. The van der Waals surface area contributed by atoms with Gasteiger partial charge in [0.15, 0.2) is 0 Å². The van der Waals surface area contributed by atoms with Gasteiger partial charge in [-0.05, 0) is 56.7 Å². The van der Waals surface area contributed by atoms with Crippen molar-refractivity contribution in [3.05, 3.63) is 23.3 Å². The molecule has 1 fully saturated rings. The van der Waals surface area contributed by atoms with E-state index in [1.807, 2.05) is 0 Å². The third-order valence-corrected chi connectivity index (χ3v) is 4.43. The molecule has 0 radical (unpaired) electrons. The summed E-state index contributed by atoms with van der Waals surface area (Å²) >= 11 is 0. The van der Waals surface area contributed by atoms with E-state index < -0.39 is 0 Å². The van der Waals surface area contributed by atoms with Crippen molar-refractivity contribution in [1.29, 1.82) is 0 Å². The lowest BCUT2D eigenvalue weighted by Crippen LogP contribution is -2.28. The molecule has 1 saturated heterocycles. The molecule has 1 aliphatic heterocycles. The minimum Gasteiger partial charge on any atom is -0.381 e. The fourth-order valence-corrected chi connectivity index (χ4v) is 3.19. The van der Waals surface area contributed by atoms with Crippen LogP contribution in [0.2, 0.25) is 0 Å². The highest BCUT2D eigenvalue weighted by molar-refractivity contribution is 5.22. The van der Waals surface area contributed by atoms with Gasteiger partial charge in [0.1, 0.15) is 5.82 Å². The van der Waals surface area contributed by atoms with Crippen LogP contribution >= 0.6 is 0 Å². The number of hydrogen-bond acceptors (Lipinski definition) is 4. The molecule has 0 spiro atoms. The molecule has 0 bridgehead atoms. The van der Waals surface area contributed by atoms with E-state index in [9.17, 15) is 0 Å². The number of nitrogens with zero attached hydrogens (tertiary/aromatic N) is 2. The first-order valence-electron chi connectivity index (χ1n) is 8.00. The molecule has 1 aromatic rings. The molecule has 4 heteroatoms. The molecule has 0 saturated carbocycles. The van der Waals surface area contributed by atoms with Gasteiger partial charge in [-0.2, -0.15) is 0 Å². The highest BCUT2D eigenvalue weighted by Gasteiger charge is 2.24. The number of nitrogens with one attached hydrogen (secondary N) is 1. The van der Waals surface area contributed by atoms with Crippen LogP contribution < -0.4 is 5.32 Å². The average Bonchev–Trinajstić information content (AvgIpc) is 3.01. The van der Waals surface area contributed by atoms with E-state index in [4.69, 9.17) is 9.72 Å². The van der Waals surface area contributed by atoms with Crippen molar-refractivity contribution < 1.29 is 4.74 Å². The van der Waals surface area contributed by atoms with Crippen LogP contribution in [0.1, 0.15) is 49.2 Å². The van der Waals surface area contributed by atoms with E-state index in [-0.39, 0.29) is 0 Å². The van der Waals surface area contributed by atoms with Crippen LogP contribution in [0, 0.1) is 5.92 Å². The number of ether oxygens (including phenoxy) is 1. The first-order valence-corrected chi connectivity index (χ1v) is 8.00. The molecule has 2 atom stereocenters. The van der Waals surface area contributed by atoms with Crippen molar-refractivity contribution in [3.8, 4) is 0 Å². The summed E-state index contributed by atoms with van der Waals surface area (Å²) in [7, 11) is 0. The van der Waals surface area contributed by atoms with Crippen LogP contribution in [0.25, 0.3) is 0 Å². The van der Waals surface area contributed by atoms with Crippen molar-refractivity contribution in [2.24, 2.45) is 5.92 Å². The predicted molar refractivity (Wildman–Crippen MR) is 78.9 cm³/mol. The monoisotopic (exact) mass is 275 g/mol. The maximum atomic E-state index is 5.44. The van der Waals surface area contributed by atoms with Gasteiger partial charge in [-0.25, -0.2) is 9.97 Å². The van der Waals surface area contributed by atoms with Crippen molar-refractivity contribution in [2.75, 3.05) is 26.3 Å². The third kappa shape index (κ3) is 3.18. The van der Waals surface area contributed by atoms with Crippen molar-refractivity contribution >= 4 is 0 Å². The lowest BCUT2D eigenvalue weighted by atomic mass is 9.87. The van der Waals surface area contributed by atoms with Gasteiger partial charge in [0, 0.05) is 24.4 Å². The van der Waals surface area contributed by atoms with Crippen LogP contribution in [0.3, 0.4) is 0 Å². The van der Waals surface area contributed by atoms with Gasteiger partial charge in [-0.15, -0.1) is 0 Å². The molecule has 0 amide bonds. The average molecular weight is 275 g/mol. The second-order valence-corrected chi connectivity index (χ2v) is 6.07. The summed E-state index contributed by atoms with van der Waals surface area (Å²) in [6.45, 7) is 6.12. The van der Waals surface area contributed by atoms with Gasteiger partial charge in [0.25, 0.3) is 0 Å². The molecule has 3 rings (SSSR count). The first-order chi connectivity index (χ1) is 9.86. The van der Waals surface area contributed by atoms with Gasteiger partial charge in [0.05, 0.1) is 6.61 Å². The highest BCUT2D eigenvalue weighted by Crippen LogP contribution is 2.27. The normalized spacial score (nSPS) is 25.6. The molecule has 110 valence electrons. The molecule has 4 nitrogen and oxygen atoms in total. The minimum absolute atomic E-state index is 0.421. The Kier molecular flexibility index (Phi) is 4.63. The number of rotatable bonds is 5. The Morgan fingerprint density at radius 3 is 3.15 bits per heavy atom. The van der Waals surface area contributed by atoms with Crippen LogP contribution in [-0.2, 0) is 17.6 Å². The van der Waals surface area contributed by atoms with Gasteiger partial charge in [-0.3, -0.25) is 0 Å². The Morgan fingerprint density at radius 1 is 1.40 bits per heavy atom. The second-order valence-electron chi connectivity index (χ2n) is 6.07. The van der Waals surface area contributed by atoms with Gasteiger partial charge < -0.3 is 10.1 Å². The Balaban J connectivity index is 1.63. The largest absolute Gasteiger partial charge is 0.381 e. The fourth-order valence-electron chi connectivity index (χ4n) is 3.19. The Hall–Kier alpha value is -1.00. The van der Waals surface area contributed by atoms with Crippen molar-refractivity contribution in [1.82, 2.24) is 15.3 Å². The molecular weight excluding hydrogens is 250 g/mol. The molecule has 2 unspecified atom stereocenters. The second kappa shape index (κ2) is 6.64. The molecule has 1 aliphatic carbocycles. The number of aryl methyl sites for hydroxylation is 1. The zero-order chi connectivity index (χ0) is 13.8. The summed E-state index contributed by atoms with van der Waals surface area (Å²) in [6, 6.07) is 0. The Morgan fingerprint density at radius 2 is 2.35 bits per heavy atom. The Labute approximate surface area is 121 Å². The van der Waals surface area contributed by atoms with Crippen LogP contribution in [-0.4, -0.2) is 36.3 Å². The van der Waals surface area contributed by atoms with Gasteiger partial charge in [-0.1, -0.05) is 6.92 Å². The van der Waals surface area contributed by atoms with Gasteiger partial charge in [0.2, 0.25) is 0 Å². The standard InChI is InChI=1S/C16H25N3O/c1-2-6-17-9-12-3-4-15-14(8-12)10-18-16(19-15)13-5-7-20-11-13/h10,12-13,17H,2-9,11H2,1H3. The molecule has 20 heavy (non-hydrogen) atoms. The summed E-state index contributed by atoms with van der Waals surface area (Å²) < 4.78 is 5.44. The summed E-state index contributed by atoms with van der Waals surface area (Å²) in [6.07, 6.45) is 7.84. The van der Waals surface area contributed by atoms with Gasteiger partial charge >= 0.3 is 0 Å².